The molecule has 0 radical (unpaired) electrons. The first-order valence-electron chi connectivity index (χ1n) is 9.97. The highest BCUT2D eigenvalue weighted by Gasteiger charge is 2.32. The van der Waals surface area contributed by atoms with E-state index in [9.17, 15) is 4.79 Å². The molecule has 4 rings (SSSR count). The third-order valence-electron chi connectivity index (χ3n) is 5.56. The van der Waals surface area contributed by atoms with E-state index >= 15 is 0 Å². The van der Waals surface area contributed by atoms with Gasteiger partial charge >= 0.3 is 0 Å². The van der Waals surface area contributed by atoms with Gasteiger partial charge in [-0.3, -0.25) is 4.79 Å². The molecule has 1 atom stereocenters. The molecule has 0 bridgehead atoms. The van der Waals surface area contributed by atoms with Crippen LogP contribution in [0, 0.1) is 13.8 Å². The van der Waals surface area contributed by atoms with Gasteiger partial charge in [0.05, 0.1) is 23.6 Å². The van der Waals surface area contributed by atoms with Crippen molar-refractivity contribution in [1.82, 2.24) is 14.5 Å². The molecule has 146 valence electrons. The highest BCUT2D eigenvalue weighted by atomic mass is 16.5. The van der Waals surface area contributed by atoms with Crippen LogP contribution in [0.3, 0.4) is 0 Å². The Hall–Kier alpha value is -2.82. The number of likely N-dealkylation sites (tertiary alicyclic amines) is 1. The molecule has 5 heteroatoms. The van der Waals surface area contributed by atoms with Crippen LogP contribution in [0.25, 0.3) is 11.0 Å². The third-order valence-corrected chi connectivity index (χ3v) is 5.56. The number of imidazole rings is 1. The van der Waals surface area contributed by atoms with Gasteiger partial charge in [-0.1, -0.05) is 24.3 Å². The fourth-order valence-electron chi connectivity index (χ4n) is 4.11. The van der Waals surface area contributed by atoms with Gasteiger partial charge in [0, 0.05) is 13.5 Å². The molecule has 1 aromatic heterocycles. The van der Waals surface area contributed by atoms with Crippen molar-refractivity contribution in [3.05, 3.63) is 59.4 Å². The second-order valence-electron chi connectivity index (χ2n) is 7.60. The van der Waals surface area contributed by atoms with Gasteiger partial charge in [-0.25, -0.2) is 4.98 Å². The number of para-hydroxylation sites is 2. The number of rotatable bonds is 5. The smallest absolute Gasteiger partial charge is 0.220 e. The SMILES string of the molecule is CC(=O)N1CCCC1c1nc2ccccc2n1CCOc1cc(C)ccc1C. The minimum absolute atomic E-state index is 0.0469. The first kappa shape index (κ1) is 18.5. The first-order valence-corrected chi connectivity index (χ1v) is 9.97. The summed E-state index contributed by atoms with van der Waals surface area (Å²) in [6.45, 7) is 7.85. The summed E-state index contributed by atoms with van der Waals surface area (Å²) >= 11 is 0. The number of aromatic nitrogens is 2. The zero-order valence-corrected chi connectivity index (χ0v) is 16.8. The fraction of sp³-hybridized carbons (Fsp3) is 0.391. The summed E-state index contributed by atoms with van der Waals surface area (Å²) in [4.78, 5) is 18.9. The number of aryl methyl sites for hydroxylation is 2. The molecule has 1 saturated heterocycles. The van der Waals surface area contributed by atoms with Crippen LogP contribution in [0.15, 0.2) is 42.5 Å². The number of hydrogen-bond donors (Lipinski definition) is 0. The average molecular weight is 377 g/mol. The topological polar surface area (TPSA) is 47.4 Å². The van der Waals surface area contributed by atoms with Crippen molar-refractivity contribution in [2.45, 2.75) is 46.2 Å². The summed E-state index contributed by atoms with van der Waals surface area (Å²) in [7, 11) is 0. The minimum atomic E-state index is 0.0469. The Bertz CT molecular complexity index is 1010. The molecule has 5 nitrogen and oxygen atoms in total. The summed E-state index contributed by atoms with van der Waals surface area (Å²) in [5.74, 6) is 2.02. The van der Waals surface area contributed by atoms with Crippen LogP contribution in [-0.4, -0.2) is 33.5 Å². The van der Waals surface area contributed by atoms with Gasteiger partial charge in [0.25, 0.3) is 0 Å². The van der Waals surface area contributed by atoms with Crippen LogP contribution in [0.4, 0.5) is 0 Å². The van der Waals surface area contributed by atoms with Crippen molar-refractivity contribution < 1.29 is 9.53 Å². The van der Waals surface area contributed by atoms with E-state index in [1.54, 1.807) is 6.92 Å². The minimum Gasteiger partial charge on any atom is -0.491 e. The predicted octanol–water partition coefficient (Wildman–Crippen LogP) is 4.42. The standard InChI is InChI=1S/C23H27N3O2/c1-16-10-11-17(2)22(15-16)28-14-13-26-20-8-5-4-7-19(20)24-23(26)21-9-6-12-25(21)18(3)27/h4-5,7-8,10-11,15,21H,6,9,12-14H2,1-3H3. The van der Waals surface area contributed by atoms with Gasteiger partial charge in [0.1, 0.15) is 18.2 Å². The lowest BCUT2D eigenvalue weighted by atomic mass is 10.1. The Morgan fingerprint density at radius 1 is 1.21 bits per heavy atom. The molecule has 1 unspecified atom stereocenters. The van der Waals surface area contributed by atoms with Crippen molar-refractivity contribution in [2.24, 2.45) is 0 Å². The maximum Gasteiger partial charge on any atom is 0.220 e. The first-order chi connectivity index (χ1) is 13.5. The Morgan fingerprint density at radius 2 is 2.04 bits per heavy atom. The van der Waals surface area contributed by atoms with E-state index in [0.29, 0.717) is 13.2 Å². The summed E-state index contributed by atoms with van der Waals surface area (Å²) in [5.41, 5.74) is 4.40. The number of carbonyl (C=O) groups is 1. The molecular formula is C23H27N3O2. The molecule has 1 fully saturated rings. The third kappa shape index (κ3) is 3.49. The lowest BCUT2D eigenvalue weighted by Crippen LogP contribution is -2.30. The summed E-state index contributed by atoms with van der Waals surface area (Å²) < 4.78 is 8.33. The monoisotopic (exact) mass is 377 g/mol. The largest absolute Gasteiger partial charge is 0.491 e. The number of hydrogen-bond acceptors (Lipinski definition) is 3. The molecule has 1 aliphatic heterocycles. The number of ether oxygens (including phenoxy) is 1. The highest BCUT2D eigenvalue weighted by Crippen LogP contribution is 2.33. The van der Waals surface area contributed by atoms with Crippen LogP contribution in [0.5, 0.6) is 5.75 Å². The molecule has 1 amide bonds. The van der Waals surface area contributed by atoms with E-state index in [1.807, 2.05) is 23.1 Å². The van der Waals surface area contributed by atoms with Gasteiger partial charge in [-0.2, -0.15) is 0 Å². The molecule has 0 saturated carbocycles. The molecule has 0 N–H and O–H groups in total. The lowest BCUT2D eigenvalue weighted by molar-refractivity contribution is -0.129. The Morgan fingerprint density at radius 3 is 2.86 bits per heavy atom. The molecule has 3 aromatic rings. The van der Waals surface area contributed by atoms with Crippen LogP contribution >= 0.6 is 0 Å². The zero-order chi connectivity index (χ0) is 19.7. The average Bonchev–Trinajstić information content (AvgIpc) is 3.29. The number of benzene rings is 2. The van der Waals surface area contributed by atoms with Gasteiger partial charge in [-0.15, -0.1) is 0 Å². The summed E-state index contributed by atoms with van der Waals surface area (Å²) in [5, 5.41) is 0. The van der Waals surface area contributed by atoms with Crippen molar-refractivity contribution in [1.29, 1.82) is 0 Å². The highest BCUT2D eigenvalue weighted by molar-refractivity contribution is 5.77. The maximum absolute atomic E-state index is 12.1. The van der Waals surface area contributed by atoms with Gasteiger partial charge < -0.3 is 14.2 Å². The summed E-state index contributed by atoms with van der Waals surface area (Å²) in [6.07, 6.45) is 1.98. The second-order valence-corrected chi connectivity index (χ2v) is 7.60. The fourth-order valence-corrected chi connectivity index (χ4v) is 4.11. The molecular weight excluding hydrogens is 350 g/mol. The Balaban J connectivity index is 1.62. The van der Waals surface area contributed by atoms with Crippen LogP contribution in [-0.2, 0) is 11.3 Å². The number of carbonyl (C=O) groups excluding carboxylic acids is 1. The second kappa shape index (κ2) is 7.66. The van der Waals surface area contributed by atoms with Crippen molar-refractivity contribution in [2.75, 3.05) is 13.2 Å². The van der Waals surface area contributed by atoms with E-state index < -0.39 is 0 Å². The normalized spacial score (nSPS) is 16.7. The quantitative estimate of drug-likeness (QED) is 0.661. The zero-order valence-electron chi connectivity index (χ0n) is 16.8. The van der Waals surface area contributed by atoms with E-state index in [-0.39, 0.29) is 11.9 Å². The number of nitrogens with zero attached hydrogens (tertiary/aromatic N) is 3. The van der Waals surface area contributed by atoms with Crippen LogP contribution in [0.1, 0.15) is 42.8 Å². The molecule has 0 aliphatic carbocycles. The van der Waals surface area contributed by atoms with Crippen molar-refractivity contribution in [3.8, 4) is 5.75 Å². The van der Waals surface area contributed by atoms with E-state index in [1.165, 1.54) is 5.56 Å². The number of amides is 1. The van der Waals surface area contributed by atoms with E-state index in [2.05, 4.69) is 42.7 Å². The van der Waals surface area contributed by atoms with E-state index in [0.717, 1.165) is 47.6 Å². The van der Waals surface area contributed by atoms with Crippen LogP contribution in [0.2, 0.25) is 0 Å². The van der Waals surface area contributed by atoms with Crippen LogP contribution < -0.4 is 4.74 Å². The number of fused-ring (bicyclic) bond motifs is 1. The Labute approximate surface area is 165 Å². The lowest BCUT2D eigenvalue weighted by Gasteiger charge is -2.24. The summed E-state index contributed by atoms with van der Waals surface area (Å²) in [6, 6.07) is 14.5. The molecule has 1 aliphatic rings. The molecule has 2 aromatic carbocycles. The Kier molecular flexibility index (Phi) is 5.07. The molecule has 28 heavy (non-hydrogen) atoms. The predicted molar refractivity (Wildman–Crippen MR) is 111 cm³/mol. The molecule has 0 spiro atoms. The van der Waals surface area contributed by atoms with Crippen molar-refractivity contribution >= 4 is 16.9 Å². The van der Waals surface area contributed by atoms with E-state index in [4.69, 9.17) is 9.72 Å². The molecule has 2 heterocycles. The van der Waals surface area contributed by atoms with Crippen molar-refractivity contribution in [3.63, 3.8) is 0 Å². The van der Waals surface area contributed by atoms with Gasteiger partial charge in [0.2, 0.25) is 5.91 Å². The van der Waals surface area contributed by atoms with Gasteiger partial charge in [-0.05, 0) is 56.0 Å². The van der Waals surface area contributed by atoms with Gasteiger partial charge in [0.15, 0.2) is 0 Å². The maximum atomic E-state index is 12.1.